The molecule has 1 N–H and O–H groups in total. The highest BCUT2D eigenvalue weighted by molar-refractivity contribution is 5.80. The summed E-state index contributed by atoms with van der Waals surface area (Å²) in [4.78, 5) is 14.1. The molecule has 24 heavy (non-hydrogen) atoms. The Hall–Kier alpha value is -1.63. The number of nitrogens with one attached hydrogen (secondary N) is 1. The zero-order chi connectivity index (χ0) is 16.5. The number of aromatic nitrogens is 2. The molecule has 2 aliphatic heterocycles. The van der Waals surface area contributed by atoms with E-state index in [1.54, 1.807) is 0 Å². The van der Waals surface area contributed by atoms with Crippen LogP contribution in [0.4, 0.5) is 0 Å². The van der Waals surface area contributed by atoms with Gasteiger partial charge < -0.3 is 19.6 Å². The second kappa shape index (κ2) is 6.70. The van der Waals surface area contributed by atoms with Gasteiger partial charge in [0.15, 0.2) is 11.8 Å². The Kier molecular flexibility index (Phi) is 4.43. The zero-order valence-electron chi connectivity index (χ0n) is 14.7. The van der Waals surface area contributed by atoms with Crippen molar-refractivity contribution in [3.8, 4) is 0 Å². The maximum absolute atomic E-state index is 5.35. The van der Waals surface area contributed by atoms with Crippen molar-refractivity contribution in [3.63, 3.8) is 0 Å². The number of aliphatic imine (C=N–C) groups is 1. The normalized spacial score (nSPS) is 28.2. The molecule has 7 nitrogen and oxygen atoms in total. The van der Waals surface area contributed by atoms with Crippen LogP contribution in [0, 0.1) is 5.92 Å². The average Bonchev–Trinajstić information content (AvgIpc) is 3.23. The first-order valence-electron chi connectivity index (χ1n) is 9.30. The molecule has 2 saturated heterocycles. The van der Waals surface area contributed by atoms with Gasteiger partial charge in [0.05, 0.1) is 0 Å². The maximum Gasteiger partial charge on any atom is 0.248 e. The van der Waals surface area contributed by atoms with Crippen LogP contribution in [0.15, 0.2) is 9.52 Å². The van der Waals surface area contributed by atoms with Gasteiger partial charge in [-0.05, 0) is 52.1 Å². The van der Waals surface area contributed by atoms with Crippen molar-refractivity contribution in [2.45, 2.75) is 51.1 Å². The number of guanidine groups is 1. The van der Waals surface area contributed by atoms with Gasteiger partial charge in [0.2, 0.25) is 5.89 Å². The number of hydrogen-bond acceptors (Lipinski definition) is 5. The highest BCUT2D eigenvalue weighted by atomic mass is 16.5. The lowest BCUT2D eigenvalue weighted by Crippen LogP contribution is -2.52. The fourth-order valence-electron chi connectivity index (χ4n) is 3.95. The standard InChI is InChI=1S/C17H28N6O/c1-3-18-17(19-10-15-20-16(21-24-15)13-4-5-13)23-9-7-12-6-8-22(2)14(12)11-23/h12-14H,3-11H2,1-2H3,(H,18,19). The summed E-state index contributed by atoms with van der Waals surface area (Å²) in [5, 5.41) is 7.50. The highest BCUT2D eigenvalue weighted by Crippen LogP contribution is 2.38. The maximum atomic E-state index is 5.35. The molecule has 1 saturated carbocycles. The summed E-state index contributed by atoms with van der Waals surface area (Å²) in [6, 6.07) is 0.660. The summed E-state index contributed by atoms with van der Waals surface area (Å²) >= 11 is 0. The molecule has 132 valence electrons. The van der Waals surface area contributed by atoms with Gasteiger partial charge >= 0.3 is 0 Å². The Labute approximate surface area is 143 Å². The van der Waals surface area contributed by atoms with Crippen LogP contribution in [0.25, 0.3) is 0 Å². The van der Waals surface area contributed by atoms with E-state index in [-0.39, 0.29) is 0 Å². The second-order valence-electron chi connectivity index (χ2n) is 7.32. The Balaban J connectivity index is 1.42. The van der Waals surface area contributed by atoms with E-state index in [4.69, 9.17) is 9.52 Å². The Morgan fingerprint density at radius 2 is 2.12 bits per heavy atom. The largest absolute Gasteiger partial charge is 0.357 e. The molecule has 1 aromatic heterocycles. The summed E-state index contributed by atoms with van der Waals surface area (Å²) in [5.41, 5.74) is 0. The monoisotopic (exact) mass is 332 g/mol. The third-order valence-electron chi connectivity index (χ3n) is 5.56. The molecular weight excluding hydrogens is 304 g/mol. The SMILES string of the molecule is CCNC(=NCc1nc(C2CC2)no1)N1CCC2CCN(C)C2C1. The van der Waals surface area contributed by atoms with E-state index in [2.05, 4.69) is 39.2 Å². The molecule has 7 heteroatoms. The summed E-state index contributed by atoms with van der Waals surface area (Å²) < 4.78 is 5.35. The van der Waals surface area contributed by atoms with Gasteiger partial charge in [-0.25, -0.2) is 4.99 Å². The molecule has 1 aliphatic carbocycles. The van der Waals surface area contributed by atoms with E-state index >= 15 is 0 Å². The molecule has 0 radical (unpaired) electrons. The lowest BCUT2D eigenvalue weighted by molar-refractivity contribution is 0.165. The van der Waals surface area contributed by atoms with Crippen LogP contribution in [0.5, 0.6) is 0 Å². The van der Waals surface area contributed by atoms with Gasteiger partial charge in [-0.15, -0.1) is 0 Å². The molecule has 0 aromatic carbocycles. The van der Waals surface area contributed by atoms with E-state index in [1.807, 2.05) is 0 Å². The molecule has 0 bridgehead atoms. The van der Waals surface area contributed by atoms with Gasteiger partial charge in [0.1, 0.15) is 6.54 Å². The molecular formula is C17H28N6O. The van der Waals surface area contributed by atoms with Crippen molar-refractivity contribution in [1.29, 1.82) is 0 Å². The summed E-state index contributed by atoms with van der Waals surface area (Å²) in [7, 11) is 2.25. The molecule has 0 amide bonds. The van der Waals surface area contributed by atoms with Crippen molar-refractivity contribution in [1.82, 2.24) is 25.3 Å². The van der Waals surface area contributed by atoms with Crippen molar-refractivity contribution >= 4 is 5.96 Å². The van der Waals surface area contributed by atoms with E-state index in [1.165, 1.54) is 32.2 Å². The van der Waals surface area contributed by atoms with Crippen LogP contribution in [0.1, 0.15) is 50.2 Å². The van der Waals surface area contributed by atoms with Crippen LogP contribution in [0.2, 0.25) is 0 Å². The van der Waals surface area contributed by atoms with E-state index in [0.717, 1.165) is 37.3 Å². The first-order valence-corrected chi connectivity index (χ1v) is 9.30. The van der Waals surface area contributed by atoms with Gasteiger partial charge in [0, 0.05) is 31.6 Å². The minimum atomic E-state index is 0.461. The van der Waals surface area contributed by atoms with Crippen LogP contribution < -0.4 is 5.32 Å². The molecule has 0 spiro atoms. The van der Waals surface area contributed by atoms with Crippen LogP contribution in [0.3, 0.4) is 0 Å². The van der Waals surface area contributed by atoms with Crippen molar-refractivity contribution in [3.05, 3.63) is 11.7 Å². The predicted molar refractivity (Wildman–Crippen MR) is 91.8 cm³/mol. The molecule has 3 heterocycles. The Morgan fingerprint density at radius 1 is 1.29 bits per heavy atom. The molecule has 4 rings (SSSR count). The lowest BCUT2D eigenvalue weighted by Gasteiger charge is -2.39. The number of piperidine rings is 1. The lowest BCUT2D eigenvalue weighted by atomic mass is 9.92. The van der Waals surface area contributed by atoms with Crippen molar-refractivity contribution < 1.29 is 4.52 Å². The van der Waals surface area contributed by atoms with Gasteiger partial charge in [-0.1, -0.05) is 5.16 Å². The number of rotatable bonds is 4. The Morgan fingerprint density at radius 3 is 2.92 bits per heavy atom. The minimum absolute atomic E-state index is 0.461. The van der Waals surface area contributed by atoms with Gasteiger partial charge in [-0.3, -0.25) is 0 Å². The minimum Gasteiger partial charge on any atom is -0.357 e. The quantitative estimate of drug-likeness (QED) is 0.665. The summed E-state index contributed by atoms with van der Waals surface area (Å²) in [6.07, 6.45) is 4.98. The fourth-order valence-corrected chi connectivity index (χ4v) is 3.95. The van der Waals surface area contributed by atoms with Gasteiger partial charge in [-0.2, -0.15) is 4.98 Å². The number of nitrogens with zero attached hydrogens (tertiary/aromatic N) is 5. The van der Waals surface area contributed by atoms with Crippen LogP contribution in [-0.2, 0) is 6.54 Å². The second-order valence-corrected chi connectivity index (χ2v) is 7.32. The fraction of sp³-hybridized carbons (Fsp3) is 0.824. The highest BCUT2D eigenvalue weighted by Gasteiger charge is 2.37. The van der Waals surface area contributed by atoms with Crippen LogP contribution >= 0.6 is 0 Å². The Bertz CT molecular complexity index is 596. The van der Waals surface area contributed by atoms with E-state index in [0.29, 0.717) is 24.4 Å². The van der Waals surface area contributed by atoms with Crippen molar-refractivity contribution in [2.24, 2.45) is 10.9 Å². The van der Waals surface area contributed by atoms with Crippen molar-refractivity contribution in [2.75, 3.05) is 33.2 Å². The zero-order valence-corrected chi connectivity index (χ0v) is 14.7. The summed E-state index contributed by atoms with van der Waals surface area (Å²) in [6.45, 7) is 6.81. The van der Waals surface area contributed by atoms with E-state index < -0.39 is 0 Å². The smallest absolute Gasteiger partial charge is 0.248 e. The predicted octanol–water partition coefficient (Wildman–Crippen LogP) is 1.44. The van der Waals surface area contributed by atoms with E-state index in [9.17, 15) is 0 Å². The average molecular weight is 332 g/mol. The van der Waals surface area contributed by atoms with Crippen LogP contribution in [-0.4, -0.2) is 65.2 Å². The number of likely N-dealkylation sites (tertiary alicyclic amines) is 2. The number of hydrogen-bond donors (Lipinski definition) is 1. The molecule has 1 aromatic rings. The third-order valence-corrected chi connectivity index (χ3v) is 5.56. The first kappa shape index (κ1) is 15.9. The summed E-state index contributed by atoms with van der Waals surface area (Å²) in [5.74, 6) is 3.84. The molecule has 3 aliphatic rings. The molecule has 3 fully saturated rings. The van der Waals surface area contributed by atoms with Gasteiger partial charge in [0.25, 0.3) is 0 Å². The molecule has 2 unspecified atom stereocenters. The first-order chi connectivity index (χ1) is 11.7. The third kappa shape index (κ3) is 3.27. The molecule has 2 atom stereocenters. The number of likely N-dealkylation sites (N-methyl/N-ethyl adjacent to an activating group) is 1. The number of fused-ring (bicyclic) bond motifs is 1. The topological polar surface area (TPSA) is 69.8 Å².